The molecule has 2 aliphatic heterocycles. The van der Waals surface area contributed by atoms with Crippen LogP contribution in [0.1, 0.15) is 29.9 Å². The molecular formula is C26H33N3O6S2. The Hall–Kier alpha value is -2.57. The van der Waals surface area contributed by atoms with Crippen LogP contribution in [-0.2, 0) is 36.0 Å². The van der Waals surface area contributed by atoms with Crippen molar-refractivity contribution in [2.75, 3.05) is 39.4 Å². The zero-order valence-electron chi connectivity index (χ0n) is 20.7. The van der Waals surface area contributed by atoms with E-state index in [2.05, 4.69) is 11.3 Å². The molecule has 11 heteroatoms. The molecule has 0 radical (unpaired) electrons. The summed E-state index contributed by atoms with van der Waals surface area (Å²) in [4.78, 5) is 15.4. The molecule has 2 aromatic carbocycles. The number of hydrogen-bond donors (Lipinski definition) is 1. The van der Waals surface area contributed by atoms with E-state index in [4.69, 9.17) is 4.74 Å². The summed E-state index contributed by atoms with van der Waals surface area (Å²) in [6.07, 6.45) is 1.70. The van der Waals surface area contributed by atoms with Crippen molar-refractivity contribution in [2.24, 2.45) is 0 Å². The van der Waals surface area contributed by atoms with Gasteiger partial charge in [-0.25, -0.2) is 21.6 Å². The number of amides is 1. The molecular weight excluding hydrogens is 514 g/mol. The molecule has 0 aliphatic carbocycles. The molecule has 4 rings (SSSR count). The van der Waals surface area contributed by atoms with Crippen molar-refractivity contribution in [3.63, 3.8) is 0 Å². The summed E-state index contributed by atoms with van der Waals surface area (Å²) in [5.41, 5.74) is 1.77. The van der Waals surface area contributed by atoms with E-state index in [0.717, 1.165) is 16.5 Å². The van der Waals surface area contributed by atoms with Gasteiger partial charge in [-0.2, -0.15) is 4.31 Å². The van der Waals surface area contributed by atoms with Gasteiger partial charge in [-0.1, -0.05) is 49.0 Å². The highest BCUT2D eigenvalue weighted by molar-refractivity contribution is 7.92. The SMILES string of the molecule is C=CS(=O)(=O)NC[C@H]1CCCN1S(=O)(=O)c1ccc(C(Cc2ccccc2)C(=O)N2CCOCC2)cc1. The Labute approximate surface area is 219 Å². The fraction of sp³-hybridized carbons (Fsp3) is 0.423. The number of ether oxygens (including phenoxy) is 1. The first-order valence-corrected chi connectivity index (χ1v) is 15.3. The van der Waals surface area contributed by atoms with Gasteiger partial charge in [0.25, 0.3) is 0 Å². The van der Waals surface area contributed by atoms with Gasteiger partial charge in [0.15, 0.2) is 0 Å². The first-order valence-electron chi connectivity index (χ1n) is 12.4. The molecule has 200 valence electrons. The molecule has 2 saturated heterocycles. The van der Waals surface area contributed by atoms with Gasteiger partial charge in [0.05, 0.1) is 24.0 Å². The molecule has 2 heterocycles. The van der Waals surface area contributed by atoms with E-state index in [1.54, 1.807) is 29.2 Å². The maximum absolute atomic E-state index is 13.5. The smallest absolute Gasteiger partial charge is 0.243 e. The van der Waals surface area contributed by atoms with Crippen LogP contribution < -0.4 is 4.72 Å². The first kappa shape index (κ1) is 27.5. The van der Waals surface area contributed by atoms with Crippen LogP contribution in [-0.4, -0.2) is 77.4 Å². The third-order valence-corrected chi connectivity index (χ3v) is 9.83. The van der Waals surface area contributed by atoms with E-state index in [-0.39, 0.29) is 17.3 Å². The maximum atomic E-state index is 13.5. The van der Waals surface area contributed by atoms with E-state index in [9.17, 15) is 21.6 Å². The molecule has 2 aliphatic rings. The van der Waals surface area contributed by atoms with Crippen LogP contribution >= 0.6 is 0 Å². The van der Waals surface area contributed by atoms with Crippen molar-refractivity contribution in [2.45, 2.75) is 36.1 Å². The zero-order chi connectivity index (χ0) is 26.5. The van der Waals surface area contributed by atoms with Gasteiger partial charge in [-0.05, 0) is 42.5 Å². The summed E-state index contributed by atoms with van der Waals surface area (Å²) >= 11 is 0. The van der Waals surface area contributed by atoms with Crippen LogP contribution in [0.4, 0.5) is 0 Å². The third-order valence-electron chi connectivity index (χ3n) is 6.86. The van der Waals surface area contributed by atoms with Crippen molar-refractivity contribution in [1.29, 1.82) is 0 Å². The van der Waals surface area contributed by atoms with Gasteiger partial charge < -0.3 is 9.64 Å². The molecule has 9 nitrogen and oxygen atoms in total. The van der Waals surface area contributed by atoms with E-state index in [0.29, 0.717) is 52.1 Å². The van der Waals surface area contributed by atoms with Crippen LogP contribution in [0.25, 0.3) is 0 Å². The molecule has 1 amide bonds. The molecule has 2 atom stereocenters. The minimum absolute atomic E-state index is 0.00290. The van der Waals surface area contributed by atoms with Crippen molar-refractivity contribution in [1.82, 2.24) is 13.9 Å². The predicted octanol–water partition coefficient (Wildman–Crippen LogP) is 2.09. The first-order chi connectivity index (χ1) is 17.7. The van der Waals surface area contributed by atoms with E-state index in [1.807, 2.05) is 30.3 Å². The van der Waals surface area contributed by atoms with Gasteiger partial charge in [0, 0.05) is 37.6 Å². The zero-order valence-corrected chi connectivity index (χ0v) is 22.3. The third kappa shape index (κ3) is 6.66. The van der Waals surface area contributed by atoms with Gasteiger partial charge in [0.2, 0.25) is 26.0 Å². The second-order valence-corrected chi connectivity index (χ2v) is 12.8. The van der Waals surface area contributed by atoms with E-state index >= 15 is 0 Å². The van der Waals surface area contributed by atoms with Crippen molar-refractivity contribution in [3.05, 3.63) is 77.7 Å². The number of nitrogens with one attached hydrogen (secondary N) is 1. The monoisotopic (exact) mass is 547 g/mol. The predicted molar refractivity (Wildman–Crippen MR) is 141 cm³/mol. The summed E-state index contributed by atoms with van der Waals surface area (Å²) in [6, 6.07) is 15.8. The summed E-state index contributed by atoms with van der Waals surface area (Å²) in [5.74, 6) is -0.457. The van der Waals surface area contributed by atoms with Gasteiger partial charge in [-0.3, -0.25) is 4.79 Å². The van der Waals surface area contributed by atoms with Crippen LogP contribution in [0.15, 0.2) is 71.5 Å². The minimum Gasteiger partial charge on any atom is -0.378 e. The molecule has 0 spiro atoms. The molecule has 2 fully saturated rings. The van der Waals surface area contributed by atoms with Gasteiger partial charge >= 0.3 is 0 Å². The van der Waals surface area contributed by atoms with Crippen molar-refractivity contribution in [3.8, 4) is 0 Å². The number of sulfonamides is 2. The average molecular weight is 548 g/mol. The Morgan fingerprint density at radius 2 is 1.70 bits per heavy atom. The molecule has 2 aromatic rings. The number of rotatable bonds is 10. The highest BCUT2D eigenvalue weighted by atomic mass is 32.2. The molecule has 1 unspecified atom stereocenters. The van der Waals surface area contributed by atoms with Crippen LogP contribution in [0.2, 0.25) is 0 Å². The molecule has 0 bridgehead atoms. The van der Waals surface area contributed by atoms with E-state index < -0.39 is 32.0 Å². The maximum Gasteiger partial charge on any atom is 0.243 e. The Morgan fingerprint density at radius 1 is 1.03 bits per heavy atom. The molecule has 1 N–H and O–H groups in total. The number of nitrogens with zero attached hydrogens (tertiary/aromatic N) is 2. The summed E-state index contributed by atoms with van der Waals surface area (Å²) in [6.45, 7) is 5.63. The van der Waals surface area contributed by atoms with Crippen LogP contribution in [0.3, 0.4) is 0 Å². The lowest BCUT2D eigenvalue weighted by molar-refractivity contribution is -0.136. The number of benzene rings is 2. The quantitative estimate of drug-likeness (QED) is 0.487. The normalized spacial score (nSPS) is 20.0. The Balaban J connectivity index is 1.55. The average Bonchev–Trinajstić information content (AvgIpc) is 3.41. The molecule has 37 heavy (non-hydrogen) atoms. The lowest BCUT2D eigenvalue weighted by atomic mass is 9.90. The lowest BCUT2D eigenvalue weighted by Crippen LogP contribution is -2.43. The fourth-order valence-corrected chi connectivity index (χ4v) is 7.05. The highest BCUT2D eigenvalue weighted by Gasteiger charge is 2.36. The summed E-state index contributed by atoms with van der Waals surface area (Å²) in [7, 11) is -7.49. The van der Waals surface area contributed by atoms with Crippen LogP contribution in [0.5, 0.6) is 0 Å². The van der Waals surface area contributed by atoms with E-state index in [1.165, 1.54) is 4.31 Å². The second kappa shape index (κ2) is 11.9. The Morgan fingerprint density at radius 3 is 2.35 bits per heavy atom. The topological polar surface area (TPSA) is 113 Å². The number of carbonyl (C=O) groups excluding carboxylic acids is 1. The van der Waals surface area contributed by atoms with Gasteiger partial charge in [0.1, 0.15) is 0 Å². The Kier molecular flexibility index (Phi) is 8.81. The minimum atomic E-state index is -3.84. The second-order valence-electron chi connectivity index (χ2n) is 9.22. The standard InChI is InChI=1S/C26H33N3O6S2/c1-2-36(31,32)27-20-23-9-6-14-29(23)37(33,34)24-12-10-22(11-13-24)25(19-21-7-4-3-5-8-21)26(30)28-15-17-35-18-16-28/h2-5,7-8,10-13,23,25,27H,1,6,9,14-20H2/t23-,25?/m1/s1. The highest BCUT2D eigenvalue weighted by Crippen LogP contribution is 2.29. The van der Waals surface area contributed by atoms with Crippen LogP contribution in [0, 0.1) is 0 Å². The fourth-order valence-electron chi connectivity index (χ4n) is 4.81. The summed E-state index contributed by atoms with van der Waals surface area (Å²) in [5, 5.41) is 0.809. The molecule has 0 saturated carbocycles. The van der Waals surface area contributed by atoms with Gasteiger partial charge in [-0.15, -0.1) is 0 Å². The number of hydrogen-bond acceptors (Lipinski definition) is 6. The number of carbonyl (C=O) groups is 1. The van der Waals surface area contributed by atoms with Crippen molar-refractivity contribution < 1.29 is 26.4 Å². The number of morpholine rings is 1. The lowest BCUT2D eigenvalue weighted by Gasteiger charge is -2.31. The Bertz CT molecular complexity index is 1290. The summed E-state index contributed by atoms with van der Waals surface area (Å²) < 4.78 is 59.5. The van der Waals surface area contributed by atoms with Crippen molar-refractivity contribution >= 4 is 26.0 Å². The molecule has 0 aromatic heterocycles. The largest absolute Gasteiger partial charge is 0.378 e.